The lowest BCUT2D eigenvalue weighted by atomic mass is 10.1. The van der Waals surface area contributed by atoms with E-state index >= 15 is 0 Å². The van der Waals surface area contributed by atoms with E-state index < -0.39 is 11.9 Å². The van der Waals surface area contributed by atoms with E-state index in [9.17, 15) is 9.59 Å². The number of rotatable bonds is 2. The van der Waals surface area contributed by atoms with Gasteiger partial charge in [-0.15, -0.1) is 0 Å². The number of nitrogen functional groups attached to an aromatic ring is 1. The van der Waals surface area contributed by atoms with E-state index in [0.29, 0.717) is 7.14 Å². The molecule has 3 N–H and O–H groups in total. The summed E-state index contributed by atoms with van der Waals surface area (Å²) in [5.74, 6) is -1.72. The number of carbonyl (C=O) groups excluding carboxylic acids is 1. The van der Waals surface area contributed by atoms with E-state index in [1.807, 2.05) is 22.6 Å². The molecule has 7 heteroatoms. The molecule has 0 fully saturated rings. The molecule has 0 amide bonds. The predicted octanol–water partition coefficient (Wildman–Crippen LogP) is 1.96. The van der Waals surface area contributed by atoms with Gasteiger partial charge in [0.1, 0.15) is 0 Å². The van der Waals surface area contributed by atoms with Gasteiger partial charge < -0.3 is 15.6 Å². The van der Waals surface area contributed by atoms with Crippen LogP contribution in [0.5, 0.6) is 0 Å². The summed E-state index contributed by atoms with van der Waals surface area (Å²) in [4.78, 5) is 22.4. The average molecular weight is 447 g/mol. The topological polar surface area (TPSA) is 89.6 Å². The van der Waals surface area contributed by atoms with E-state index in [1.165, 1.54) is 13.2 Å². The number of benzene rings is 1. The molecule has 1 rings (SSSR count). The van der Waals surface area contributed by atoms with Crippen molar-refractivity contribution in [2.45, 2.75) is 0 Å². The normalized spacial score (nSPS) is 9.94. The van der Waals surface area contributed by atoms with E-state index in [2.05, 4.69) is 4.74 Å². The van der Waals surface area contributed by atoms with Gasteiger partial charge in [-0.1, -0.05) is 0 Å². The molecular weight excluding hydrogens is 440 g/mol. The quantitative estimate of drug-likeness (QED) is 0.412. The molecular formula is C9H7I2NO4. The number of anilines is 1. The second-order valence-electron chi connectivity index (χ2n) is 2.81. The molecule has 0 radical (unpaired) electrons. The van der Waals surface area contributed by atoms with Gasteiger partial charge in [0.25, 0.3) is 0 Å². The van der Waals surface area contributed by atoms with Gasteiger partial charge in [0, 0.05) is 9.26 Å². The first-order valence-corrected chi connectivity index (χ1v) is 6.15. The molecule has 86 valence electrons. The molecule has 0 spiro atoms. The maximum absolute atomic E-state index is 11.4. The number of carboxylic acids is 1. The molecule has 0 aliphatic carbocycles. The van der Waals surface area contributed by atoms with Crippen LogP contribution in [-0.4, -0.2) is 24.2 Å². The Labute approximate surface area is 119 Å². The first-order valence-electron chi connectivity index (χ1n) is 3.99. The first-order chi connectivity index (χ1) is 7.40. The Morgan fingerprint density at radius 1 is 1.38 bits per heavy atom. The van der Waals surface area contributed by atoms with E-state index in [4.69, 9.17) is 10.8 Å². The minimum Gasteiger partial charge on any atom is -0.478 e. The molecule has 0 aromatic heterocycles. The smallest absolute Gasteiger partial charge is 0.339 e. The van der Waals surface area contributed by atoms with Crippen molar-refractivity contribution in [2.75, 3.05) is 12.8 Å². The number of carboxylic acid groups (broad SMARTS) is 1. The number of aromatic carboxylic acids is 1. The Hall–Kier alpha value is -0.580. The van der Waals surface area contributed by atoms with Crippen LogP contribution in [0.3, 0.4) is 0 Å². The van der Waals surface area contributed by atoms with Crippen molar-refractivity contribution < 1.29 is 19.4 Å². The van der Waals surface area contributed by atoms with E-state index in [-0.39, 0.29) is 16.8 Å². The largest absolute Gasteiger partial charge is 0.478 e. The maximum Gasteiger partial charge on any atom is 0.339 e. The Balaban J connectivity index is 3.56. The highest BCUT2D eigenvalue weighted by molar-refractivity contribution is 14.1. The van der Waals surface area contributed by atoms with Crippen LogP contribution in [0.25, 0.3) is 0 Å². The second kappa shape index (κ2) is 5.17. The van der Waals surface area contributed by atoms with Crippen LogP contribution in [0.15, 0.2) is 6.07 Å². The Morgan fingerprint density at radius 3 is 2.38 bits per heavy atom. The molecule has 0 heterocycles. The lowest BCUT2D eigenvalue weighted by molar-refractivity contribution is 0.0599. The number of esters is 1. The van der Waals surface area contributed by atoms with Gasteiger partial charge in [0.2, 0.25) is 0 Å². The van der Waals surface area contributed by atoms with Crippen LogP contribution < -0.4 is 5.73 Å². The zero-order chi connectivity index (χ0) is 12.5. The fraction of sp³-hybridized carbons (Fsp3) is 0.111. The van der Waals surface area contributed by atoms with Crippen LogP contribution in [0, 0.1) is 7.14 Å². The summed E-state index contributed by atoms with van der Waals surface area (Å²) in [6.07, 6.45) is 0. The number of hydrogen-bond acceptors (Lipinski definition) is 4. The molecule has 5 nitrogen and oxygen atoms in total. The van der Waals surface area contributed by atoms with Crippen LogP contribution >= 0.6 is 45.2 Å². The number of hydrogen-bond donors (Lipinski definition) is 2. The third-order valence-corrected chi connectivity index (χ3v) is 4.13. The number of halogens is 2. The minimum absolute atomic E-state index is 0.0293. The Morgan fingerprint density at radius 2 is 1.94 bits per heavy atom. The van der Waals surface area contributed by atoms with Gasteiger partial charge in [-0.05, 0) is 51.2 Å². The molecule has 0 saturated heterocycles. The molecule has 1 aromatic carbocycles. The number of carbonyl (C=O) groups is 2. The molecule has 16 heavy (non-hydrogen) atoms. The Bertz CT molecular complexity index is 473. The summed E-state index contributed by atoms with van der Waals surface area (Å²) in [7, 11) is 1.23. The van der Waals surface area contributed by atoms with Crippen molar-refractivity contribution >= 4 is 62.8 Å². The summed E-state index contributed by atoms with van der Waals surface area (Å²) < 4.78 is 5.30. The lowest BCUT2D eigenvalue weighted by Gasteiger charge is -2.10. The summed E-state index contributed by atoms with van der Waals surface area (Å²) in [6, 6.07) is 1.42. The van der Waals surface area contributed by atoms with Crippen molar-refractivity contribution in [3.63, 3.8) is 0 Å². The van der Waals surface area contributed by atoms with Crippen LogP contribution in [0.1, 0.15) is 20.7 Å². The molecule has 0 aliphatic rings. The van der Waals surface area contributed by atoms with Crippen molar-refractivity contribution in [3.8, 4) is 0 Å². The molecule has 0 bridgehead atoms. The fourth-order valence-electron chi connectivity index (χ4n) is 1.10. The third-order valence-electron chi connectivity index (χ3n) is 1.85. The van der Waals surface area contributed by atoms with Gasteiger partial charge in [-0.2, -0.15) is 0 Å². The van der Waals surface area contributed by atoms with Crippen LogP contribution in [0.4, 0.5) is 5.69 Å². The summed E-state index contributed by atoms with van der Waals surface area (Å²) in [6.45, 7) is 0. The predicted molar refractivity (Wildman–Crippen MR) is 74.6 cm³/mol. The summed E-state index contributed by atoms with van der Waals surface area (Å²) >= 11 is 3.63. The van der Waals surface area contributed by atoms with Crippen LogP contribution in [-0.2, 0) is 4.74 Å². The molecule has 0 unspecified atom stereocenters. The number of nitrogens with two attached hydrogens (primary N) is 1. The van der Waals surface area contributed by atoms with Crippen LogP contribution in [0.2, 0.25) is 0 Å². The first kappa shape index (κ1) is 13.5. The highest BCUT2D eigenvalue weighted by atomic mass is 127. The molecule has 0 aliphatic heterocycles. The SMILES string of the molecule is COC(=O)c1cc(N)c(I)c(C(=O)O)c1I. The standard InChI is InChI=1S/C9H7I2NO4/c1-16-9(15)3-2-4(12)7(11)5(6(3)10)8(13)14/h2H,12H2,1H3,(H,13,14). The molecule has 1 aromatic rings. The zero-order valence-corrected chi connectivity index (χ0v) is 12.4. The summed E-state index contributed by atoms with van der Waals surface area (Å²) in [5.41, 5.74) is 6.08. The monoisotopic (exact) mass is 447 g/mol. The fourth-order valence-corrected chi connectivity index (χ4v) is 3.15. The molecule has 0 saturated carbocycles. The summed E-state index contributed by atoms with van der Waals surface area (Å²) in [5, 5.41) is 9.03. The lowest BCUT2D eigenvalue weighted by Crippen LogP contribution is -2.13. The van der Waals surface area contributed by atoms with Gasteiger partial charge in [-0.25, -0.2) is 9.59 Å². The average Bonchev–Trinajstić information content (AvgIpc) is 2.22. The van der Waals surface area contributed by atoms with Crippen molar-refractivity contribution in [2.24, 2.45) is 0 Å². The highest BCUT2D eigenvalue weighted by Gasteiger charge is 2.22. The van der Waals surface area contributed by atoms with Crippen molar-refractivity contribution in [3.05, 3.63) is 24.3 Å². The number of ether oxygens (including phenoxy) is 1. The van der Waals surface area contributed by atoms with Gasteiger partial charge in [-0.3, -0.25) is 0 Å². The number of methoxy groups -OCH3 is 1. The third kappa shape index (κ3) is 2.39. The maximum atomic E-state index is 11.4. The Kier molecular flexibility index (Phi) is 4.35. The van der Waals surface area contributed by atoms with Gasteiger partial charge >= 0.3 is 11.9 Å². The van der Waals surface area contributed by atoms with Crippen molar-refractivity contribution in [1.82, 2.24) is 0 Å². The second-order valence-corrected chi connectivity index (χ2v) is 4.97. The van der Waals surface area contributed by atoms with Gasteiger partial charge in [0.15, 0.2) is 0 Å². The highest BCUT2D eigenvalue weighted by Crippen LogP contribution is 2.28. The van der Waals surface area contributed by atoms with E-state index in [1.54, 1.807) is 22.6 Å². The molecule has 0 atom stereocenters. The van der Waals surface area contributed by atoms with Crippen molar-refractivity contribution in [1.29, 1.82) is 0 Å². The van der Waals surface area contributed by atoms with Gasteiger partial charge in [0.05, 0.1) is 21.8 Å². The minimum atomic E-state index is -1.12. The zero-order valence-electron chi connectivity index (χ0n) is 8.08. The van der Waals surface area contributed by atoms with E-state index in [0.717, 1.165) is 0 Å².